The summed E-state index contributed by atoms with van der Waals surface area (Å²) in [6, 6.07) is 13.6. The largest absolute Gasteiger partial charge is 0.497 e. The summed E-state index contributed by atoms with van der Waals surface area (Å²) >= 11 is 1.55. The Bertz CT molecular complexity index is 1340. The van der Waals surface area contributed by atoms with Crippen molar-refractivity contribution in [2.75, 3.05) is 26.8 Å². The molecule has 2 aromatic heterocycles. The zero-order chi connectivity index (χ0) is 22.9. The third kappa shape index (κ3) is 4.06. The van der Waals surface area contributed by atoms with Crippen molar-refractivity contribution in [3.8, 4) is 17.0 Å². The highest BCUT2D eigenvalue weighted by atomic mass is 32.1. The van der Waals surface area contributed by atoms with Gasteiger partial charge in [0.05, 0.1) is 35.5 Å². The highest BCUT2D eigenvalue weighted by Crippen LogP contribution is 2.31. The van der Waals surface area contributed by atoms with E-state index in [1.165, 1.54) is 0 Å². The number of hydrogen-bond donors (Lipinski definition) is 0. The van der Waals surface area contributed by atoms with Crippen LogP contribution in [0.25, 0.3) is 26.4 Å². The van der Waals surface area contributed by atoms with Crippen molar-refractivity contribution in [1.29, 1.82) is 0 Å². The van der Waals surface area contributed by atoms with Gasteiger partial charge >= 0.3 is 5.97 Å². The van der Waals surface area contributed by atoms with E-state index < -0.39 is 0 Å². The lowest BCUT2D eigenvalue weighted by Gasteiger charge is -2.31. The van der Waals surface area contributed by atoms with Gasteiger partial charge in [-0.1, -0.05) is 23.5 Å². The third-order valence-corrected chi connectivity index (χ3v) is 7.05. The van der Waals surface area contributed by atoms with Crippen molar-refractivity contribution in [2.24, 2.45) is 5.92 Å². The second kappa shape index (κ2) is 8.86. The molecule has 0 aliphatic carbocycles. The first-order chi connectivity index (χ1) is 16.1. The van der Waals surface area contributed by atoms with Crippen molar-refractivity contribution in [3.63, 3.8) is 0 Å². The number of amides is 1. The molecule has 8 heteroatoms. The Morgan fingerprint density at radius 1 is 1.21 bits per heavy atom. The number of thiazole rings is 1. The summed E-state index contributed by atoms with van der Waals surface area (Å²) in [4.78, 5) is 32.7. The second-order valence-electron chi connectivity index (χ2n) is 8.14. The van der Waals surface area contributed by atoms with Gasteiger partial charge in [-0.15, -0.1) is 0 Å². The average molecular weight is 464 g/mol. The van der Waals surface area contributed by atoms with E-state index in [2.05, 4.69) is 4.40 Å². The number of fused-ring (bicyclic) bond motifs is 3. The van der Waals surface area contributed by atoms with Crippen LogP contribution in [-0.4, -0.2) is 53.0 Å². The van der Waals surface area contributed by atoms with Crippen LogP contribution in [0.4, 0.5) is 0 Å². The van der Waals surface area contributed by atoms with Crippen molar-refractivity contribution in [2.45, 2.75) is 19.8 Å². The predicted octanol–water partition coefficient (Wildman–Crippen LogP) is 4.64. The number of piperidine rings is 1. The van der Waals surface area contributed by atoms with E-state index in [4.69, 9.17) is 14.5 Å². The van der Waals surface area contributed by atoms with Crippen molar-refractivity contribution < 1.29 is 19.1 Å². The lowest BCUT2D eigenvalue weighted by atomic mass is 9.97. The minimum Gasteiger partial charge on any atom is -0.497 e. The highest BCUT2D eigenvalue weighted by Gasteiger charge is 2.30. The number of benzene rings is 2. The molecule has 1 amide bonds. The van der Waals surface area contributed by atoms with Crippen molar-refractivity contribution in [3.05, 3.63) is 54.2 Å². The Kier molecular flexibility index (Phi) is 5.76. The smallest absolute Gasteiger partial charge is 0.310 e. The van der Waals surface area contributed by atoms with Crippen LogP contribution in [-0.2, 0) is 9.53 Å². The van der Waals surface area contributed by atoms with Crippen LogP contribution in [0.15, 0.2) is 48.7 Å². The molecular formula is C25H25N3O4S. The molecule has 0 spiro atoms. The molecule has 33 heavy (non-hydrogen) atoms. The SMILES string of the molecule is CCOC(=O)[C@H]1CCCN(C(=O)c2ccc3c(c2)sc2nc(-c4cccc(OC)c4)cn23)C1. The van der Waals surface area contributed by atoms with Crippen LogP contribution in [0.5, 0.6) is 5.75 Å². The molecule has 1 atom stereocenters. The lowest BCUT2D eigenvalue weighted by molar-refractivity contribution is -0.149. The second-order valence-corrected chi connectivity index (χ2v) is 9.15. The van der Waals surface area contributed by atoms with Gasteiger partial charge in [0.25, 0.3) is 5.91 Å². The molecule has 5 rings (SSSR count). The molecule has 4 aromatic rings. The van der Waals surface area contributed by atoms with Crippen molar-refractivity contribution >= 4 is 38.4 Å². The standard InChI is InChI=1S/C25H25N3O4S/c1-3-32-24(30)18-7-5-11-27(14-18)23(29)17-9-10-21-22(13-17)33-25-26-20(15-28(21)25)16-6-4-8-19(12-16)31-2/h4,6,8-10,12-13,15,18H,3,5,7,11,14H2,1-2H3/t18-/m0/s1. The van der Waals surface area contributed by atoms with E-state index in [1.54, 1.807) is 30.3 Å². The van der Waals surface area contributed by atoms with E-state index in [0.29, 0.717) is 25.3 Å². The number of ether oxygens (including phenoxy) is 2. The van der Waals surface area contributed by atoms with Crippen LogP contribution in [0.1, 0.15) is 30.1 Å². The van der Waals surface area contributed by atoms with E-state index in [9.17, 15) is 9.59 Å². The molecule has 0 N–H and O–H groups in total. The lowest BCUT2D eigenvalue weighted by Crippen LogP contribution is -2.42. The first-order valence-electron chi connectivity index (χ1n) is 11.1. The molecule has 0 unspecified atom stereocenters. The first kappa shape index (κ1) is 21.5. The van der Waals surface area contributed by atoms with Gasteiger partial charge in [-0.2, -0.15) is 0 Å². The van der Waals surface area contributed by atoms with Crippen LogP contribution in [0.3, 0.4) is 0 Å². The summed E-state index contributed by atoms with van der Waals surface area (Å²) in [5.74, 6) is 0.289. The average Bonchev–Trinajstić information content (AvgIpc) is 3.41. The number of rotatable bonds is 5. The number of carbonyl (C=O) groups excluding carboxylic acids is 2. The fourth-order valence-electron chi connectivity index (χ4n) is 4.35. The van der Waals surface area contributed by atoms with Crippen LogP contribution < -0.4 is 4.74 Å². The minimum atomic E-state index is -0.244. The molecule has 1 aliphatic heterocycles. The predicted molar refractivity (Wildman–Crippen MR) is 128 cm³/mol. The van der Waals surface area contributed by atoms with Gasteiger partial charge in [0.1, 0.15) is 5.75 Å². The summed E-state index contributed by atoms with van der Waals surface area (Å²) in [5.41, 5.74) is 3.51. The van der Waals surface area contributed by atoms with Crippen LogP contribution in [0.2, 0.25) is 0 Å². The summed E-state index contributed by atoms with van der Waals surface area (Å²) in [7, 11) is 1.65. The van der Waals surface area contributed by atoms with E-state index in [-0.39, 0.29) is 17.8 Å². The molecular weight excluding hydrogens is 438 g/mol. The molecule has 3 heterocycles. The molecule has 2 aromatic carbocycles. The summed E-state index contributed by atoms with van der Waals surface area (Å²) < 4.78 is 13.5. The minimum absolute atomic E-state index is 0.0472. The maximum absolute atomic E-state index is 13.2. The Balaban J connectivity index is 1.40. The van der Waals surface area contributed by atoms with Crippen LogP contribution >= 0.6 is 11.3 Å². The van der Waals surface area contributed by atoms with Crippen LogP contribution in [0, 0.1) is 5.92 Å². The number of imidazole rings is 1. The molecule has 1 aliphatic rings. The Morgan fingerprint density at radius 2 is 2.09 bits per heavy atom. The molecule has 0 bridgehead atoms. The third-order valence-electron chi connectivity index (χ3n) is 6.04. The summed E-state index contributed by atoms with van der Waals surface area (Å²) in [6.45, 7) is 3.23. The normalized spacial score (nSPS) is 16.3. The molecule has 170 valence electrons. The Morgan fingerprint density at radius 3 is 2.91 bits per heavy atom. The number of methoxy groups -OCH3 is 1. The molecule has 1 saturated heterocycles. The summed E-state index contributed by atoms with van der Waals surface area (Å²) in [5, 5.41) is 0. The molecule has 0 radical (unpaired) electrons. The van der Waals surface area contributed by atoms with Gasteiger partial charge in [-0.05, 0) is 50.1 Å². The highest BCUT2D eigenvalue weighted by molar-refractivity contribution is 7.23. The monoisotopic (exact) mass is 463 g/mol. The van der Waals surface area contributed by atoms with Gasteiger partial charge < -0.3 is 14.4 Å². The molecule has 0 saturated carbocycles. The molecule has 7 nitrogen and oxygen atoms in total. The van der Waals surface area contributed by atoms with Crippen molar-refractivity contribution in [1.82, 2.24) is 14.3 Å². The Hall–Kier alpha value is -3.39. The van der Waals surface area contributed by atoms with E-state index >= 15 is 0 Å². The maximum Gasteiger partial charge on any atom is 0.310 e. The van der Waals surface area contributed by atoms with E-state index in [1.807, 2.05) is 48.7 Å². The van der Waals surface area contributed by atoms with Gasteiger partial charge in [-0.25, -0.2) is 4.98 Å². The van der Waals surface area contributed by atoms with E-state index in [0.717, 1.165) is 45.0 Å². The topological polar surface area (TPSA) is 73.1 Å². The van der Waals surface area contributed by atoms with Gasteiger partial charge in [0.2, 0.25) is 0 Å². The maximum atomic E-state index is 13.2. The Labute approximate surface area is 195 Å². The zero-order valence-electron chi connectivity index (χ0n) is 18.6. The fourth-order valence-corrected chi connectivity index (χ4v) is 5.40. The zero-order valence-corrected chi connectivity index (χ0v) is 19.4. The number of carbonyl (C=O) groups is 2. The van der Waals surface area contributed by atoms with Gasteiger partial charge in [0, 0.05) is 30.4 Å². The summed E-state index contributed by atoms with van der Waals surface area (Å²) in [6.07, 6.45) is 3.58. The molecule has 1 fully saturated rings. The first-order valence-corrected chi connectivity index (χ1v) is 11.9. The quantitative estimate of drug-likeness (QED) is 0.403. The number of aromatic nitrogens is 2. The van der Waals surface area contributed by atoms with Gasteiger partial charge in [0.15, 0.2) is 4.96 Å². The number of esters is 1. The number of nitrogens with zero attached hydrogens (tertiary/aromatic N) is 3. The number of hydrogen-bond acceptors (Lipinski definition) is 6. The number of likely N-dealkylation sites (tertiary alicyclic amines) is 1. The van der Waals surface area contributed by atoms with Gasteiger partial charge in [-0.3, -0.25) is 14.0 Å². The fraction of sp³-hybridized carbons (Fsp3) is 0.320.